The Morgan fingerprint density at radius 3 is 2.71 bits per heavy atom. The molecule has 2 N–H and O–H groups in total. The van der Waals surface area contributed by atoms with E-state index in [0.29, 0.717) is 6.54 Å². The van der Waals surface area contributed by atoms with Crippen LogP contribution in [0, 0.1) is 0 Å². The molecular formula is C11H22N2O3S. The monoisotopic (exact) mass is 262 g/mol. The topological polar surface area (TPSA) is 69.6 Å². The Bertz CT molecular complexity index is 339. The summed E-state index contributed by atoms with van der Waals surface area (Å²) in [6.45, 7) is 1.43. The third kappa shape index (κ3) is 3.19. The van der Waals surface area contributed by atoms with Crippen LogP contribution < -0.4 is 5.32 Å². The van der Waals surface area contributed by atoms with Crippen molar-refractivity contribution in [3.63, 3.8) is 0 Å². The lowest BCUT2D eigenvalue weighted by Crippen LogP contribution is -2.46. The summed E-state index contributed by atoms with van der Waals surface area (Å²) in [7, 11) is -3.21. The average Bonchev–Trinajstić information content (AvgIpc) is 2.78. The van der Waals surface area contributed by atoms with Gasteiger partial charge in [-0.1, -0.05) is 6.42 Å². The molecule has 0 aromatic carbocycles. The highest BCUT2D eigenvalue weighted by Crippen LogP contribution is 2.22. The lowest BCUT2D eigenvalue weighted by atomic mass is 10.1. The van der Waals surface area contributed by atoms with Gasteiger partial charge < -0.3 is 10.4 Å². The Labute approximate surface area is 103 Å². The molecule has 0 aromatic heterocycles. The fourth-order valence-corrected chi connectivity index (χ4v) is 4.79. The highest BCUT2D eigenvalue weighted by molar-refractivity contribution is 7.89. The smallest absolute Gasteiger partial charge is 0.215 e. The van der Waals surface area contributed by atoms with Crippen molar-refractivity contribution in [2.45, 2.75) is 44.2 Å². The fourth-order valence-electron chi connectivity index (χ4n) is 2.77. The summed E-state index contributed by atoms with van der Waals surface area (Å²) < 4.78 is 26.0. The maximum Gasteiger partial charge on any atom is 0.215 e. The Kier molecular flexibility index (Phi) is 4.41. The molecule has 2 rings (SSSR count). The van der Waals surface area contributed by atoms with Crippen LogP contribution in [-0.2, 0) is 10.0 Å². The van der Waals surface area contributed by atoms with Gasteiger partial charge in [-0.25, -0.2) is 8.42 Å². The molecule has 5 nitrogen and oxygen atoms in total. The standard InChI is InChI=1S/C11H22N2O3S/c14-8-11-5-3-7-13(11)17(15,16)9-10-4-1-2-6-12-10/h10-12,14H,1-9H2. The minimum atomic E-state index is -3.21. The van der Waals surface area contributed by atoms with Gasteiger partial charge in [0.2, 0.25) is 10.0 Å². The van der Waals surface area contributed by atoms with E-state index in [0.717, 1.165) is 38.6 Å². The molecule has 0 radical (unpaired) electrons. The van der Waals surface area contributed by atoms with Gasteiger partial charge in [-0.3, -0.25) is 0 Å². The maximum absolute atomic E-state index is 12.2. The first-order chi connectivity index (χ1) is 8.13. The van der Waals surface area contributed by atoms with Crippen LogP contribution in [0.25, 0.3) is 0 Å². The summed E-state index contributed by atoms with van der Waals surface area (Å²) in [5, 5.41) is 12.4. The van der Waals surface area contributed by atoms with Gasteiger partial charge in [0, 0.05) is 18.6 Å². The first-order valence-corrected chi connectivity index (χ1v) is 8.08. The Morgan fingerprint density at radius 2 is 2.06 bits per heavy atom. The summed E-state index contributed by atoms with van der Waals surface area (Å²) in [6, 6.07) is -0.0997. The summed E-state index contributed by atoms with van der Waals surface area (Å²) >= 11 is 0. The van der Waals surface area contributed by atoms with Crippen LogP contribution >= 0.6 is 0 Å². The summed E-state index contributed by atoms with van der Waals surface area (Å²) in [6.07, 6.45) is 4.84. The zero-order valence-corrected chi connectivity index (χ0v) is 11.0. The molecule has 2 unspecified atom stereocenters. The van der Waals surface area contributed by atoms with Crippen LogP contribution in [0.15, 0.2) is 0 Å². The molecule has 2 atom stereocenters. The maximum atomic E-state index is 12.2. The van der Waals surface area contributed by atoms with Crippen LogP contribution in [0.5, 0.6) is 0 Å². The van der Waals surface area contributed by atoms with Crippen LogP contribution in [-0.4, -0.2) is 55.4 Å². The molecule has 2 aliphatic heterocycles. The third-order valence-electron chi connectivity index (χ3n) is 3.72. The Hall–Kier alpha value is -0.170. The Balaban J connectivity index is 1.97. The lowest BCUT2D eigenvalue weighted by Gasteiger charge is -2.28. The van der Waals surface area contributed by atoms with Crippen molar-refractivity contribution in [3.8, 4) is 0 Å². The number of rotatable bonds is 4. The van der Waals surface area contributed by atoms with Gasteiger partial charge in [0.05, 0.1) is 12.4 Å². The number of piperidine rings is 1. The van der Waals surface area contributed by atoms with E-state index >= 15 is 0 Å². The van der Waals surface area contributed by atoms with Crippen LogP contribution in [0.2, 0.25) is 0 Å². The van der Waals surface area contributed by atoms with Crippen molar-refractivity contribution < 1.29 is 13.5 Å². The highest BCUT2D eigenvalue weighted by atomic mass is 32.2. The second-order valence-corrected chi connectivity index (χ2v) is 6.98. The summed E-state index contributed by atoms with van der Waals surface area (Å²) in [4.78, 5) is 0. The molecule has 6 heteroatoms. The molecule has 2 saturated heterocycles. The number of sulfonamides is 1. The zero-order chi connectivity index (χ0) is 12.3. The molecule has 2 heterocycles. The van der Waals surface area contributed by atoms with Crippen LogP contribution in [0.4, 0.5) is 0 Å². The number of aliphatic hydroxyl groups excluding tert-OH is 1. The van der Waals surface area contributed by atoms with E-state index in [2.05, 4.69) is 5.32 Å². The second-order valence-electron chi connectivity index (χ2n) is 5.01. The molecule has 2 aliphatic rings. The quantitative estimate of drug-likeness (QED) is 0.743. The molecule has 0 amide bonds. The number of nitrogens with zero attached hydrogens (tertiary/aromatic N) is 1. The number of hydrogen-bond acceptors (Lipinski definition) is 4. The largest absolute Gasteiger partial charge is 0.395 e. The van der Waals surface area contributed by atoms with E-state index < -0.39 is 10.0 Å². The van der Waals surface area contributed by atoms with E-state index in [9.17, 15) is 13.5 Å². The van der Waals surface area contributed by atoms with E-state index in [4.69, 9.17) is 0 Å². The Morgan fingerprint density at radius 1 is 1.24 bits per heavy atom. The molecule has 2 fully saturated rings. The SMILES string of the molecule is O=S(=O)(CC1CCCCN1)N1CCCC1CO. The lowest BCUT2D eigenvalue weighted by molar-refractivity contribution is 0.213. The molecule has 17 heavy (non-hydrogen) atoms. The van der Waals surface area contributed by atoms with Crippen LogP contribution in [0.3, 0.4) is 0 Å². The van der Waals surface area contributed by atoms with Crippen molar-refractivity contribution in [3.05, 3.63) is 0 Å². The van der Waals surface area contributed by atoms with Crippen molar-refractivity contribution >= 4 is 10.0 Å². The second kappa shape index (κ2) is 5.65. The van der Waals surface area contributed by atoms with Crippen molar-refractivity contribution in [2.75, 3.05) is 25.4 Å². The summed E-state index contributed by atoms with van der Waals surface area (Å²) in [5.41, 5.74) is 0. The van der Waals surface area contributed by atoms with Crippen molar-refractivity contribution in [2.24, 2.45) is 0 Å². The third-order valence-corrected chi connectivity index (χ3v) is 5.73. The molecule has 0 bridgehead atoms. The molecule has 0 saturated carbocycles. The van der Waals surface area contributed by atoms with E-state index in [1.165, 1.54) is 4.31 Å². The molecular weight excluding hydrogens is 240 g/mol. The number of hydrogen-bond donors (Lipinski definition) is 2. The minimum Gasteiger partial charge on any atom is -0.395 e. The van der Waals surface area contributed by atoms with Gasteiger partial charge in [0.1, 0.15) is 0 Å². The van der Waals surface area contributed by atoms with Gasteiger partial charge in [-0.05, 0) is 32.2 Å². The van der Waals surface area contributed by atoms with Gasteiger partial charge in [0.25, 0.3) is 0 Å². The molecule has 100 valence electrons. The normalized spacial score (nSPS) is 31.8. The van der Waals surface area contributed by atoms with Gasteiger partial charge in [-0.2, -0.15) is 4.31 Å². The van der Waals surface area contributed by atoms with Gasteiger partial charge >= 0.3 is 0 Å². The van der Waals surface area contributed by atoms with Crippen molar-refractivity contribution in [1.29, 1.82) is 0 Å². The predicted octanol–water partition coefficient (Wildman–Crippen LogP) is -0.0850. The first kappa shape index (κ1) is 13.3. The van der Waals surface area contributed by atoms with E-state index in [1.807, 2.05) is 0 Å². The first-order valence-electron chi connectivity index (χ1n) is 6.47. The summed E-state index contributed by atoms with van der Waals surface area (Å²) in [5.74, 6) is 0.184. The van der Waals surface area contributed by atoms with E-state index in [1.54, 1.807) is 0 Å². The molecule has 0 aliphatic carbocycles. The van der Waals surface area contributed by atoms with Crippen molar-refractivity contribution in [1.82, 2.24) is 9.62 Å². The fraction of sp³-hybridized carbons (Fsp3) is 1.00. The average molecular weight is 262 g/mol. The minimum absolute atomic E-state index is 0.0582. The number of nitrogens with one attached hydrogen (secondary N) is 1. The van der Waals surface area contributed by atoms with Gasteiger partial charge in [0.15, 0.2) is 0 Å². The van der Waals surface area contributed by atoms with E-state index in [-0.39, 0.29) is 24.4 Å². The predicted molar refractivity (Wildman–Crippen MR) is 66.2 cm³/mol. The molecule has 0 spiro atoms. The molecule has 0 aromatic rings. The highest BCUT2D eigenvalue weighted by Gasteiger charge is 2.35. The zero-order valence-electron chi connectivity index (χ0n) is 10.1. The van der Waals surface area contributed by atoms with Gasteiger partial charge in [-0.15, -0.1) is 0 Å². The number of aliphatic hydroxyl groups is 1. The van der Waals surface area contributed by atoms with Crippen LogP contribution in [0.1, 0.15) is 32.1 Å².